The Hall–Kier alpha value is -3.17. The van der Waals surface area contributed by atoms with Gasteiger partial charge in [-0.1, -0.05) is 6.07 Å². The molecule has 1 amide bonds. The summed E-state index contributed by atoms with van der Waals surface area (Å²) in [7, 11) is 0. The standard InChI is InChI=1S/C19H17N7OS/c27-18(15-9-20-5-6-21-15)24-19-23-14-4-8-25(12-16(14)28-19)10-13-11-26-7-2-1-3-17(26)22-13/h1-3,5-7,9,11H,4,8,10,12H2,(H,23,24,27). The number of aromatic nitrogens is 5. The van der Waals surface area contributed by atoms with E-state index in [-0.39, 0.29) is 11.6 Å². The average Bonchev–Trinajstić information content (AvgIpc) is 3.31. The Morgan fingerprint density at radius 2 is 2.21 bits per heavy atom. The van der Waals surface area contributed by atoms with Crippen LogP contribution in [0.25, 0.3) is 5.65 Å². The van der Waals surface area contributed by atoms with Gasteiger partial charge in [0.25, 0.3) is 5.91 Å². The second-order valence-electron chi connectivity index (χ2n) is 6.59. The quantitative estimate of drug-likeness (QED) is 0.575. The van der Waals surface area contributed by atoms with E-state index in [9.17, 15) is 4.79 Å². The normalized spacial score (nSPS) is 14.1. The number of hydrogen-bond acceptors (Lipinski definition) is 7. The largest absolute Gasteiger partial charge is 0.307 e. The van der Waals surface area contributed by atoms with Crippen LogP contribution in [0.1, 0.15) is 26.8 Å². The van der Waals surface area contributed by atoms with Crippen LogP contribution in [-0.4, -0.2) is 41.7 Å². The van der Waals surface area contributed by atoms with Crippen molar-refractivity contribution >= 4 is 28.0 Å². The molecule has 0 aromatic carbocycles. The fourth-order valence-corrected chi connectivity index (χ4v) is 4.35. The van der Waals surface area contributed by atoms with Gasteiger partial charge in [0.15, 0.2) is 5.13 Å². The molecule has 9 heteroatoms. The Morgan fingerprint density at radius 3 is 3.07 bits per heavy atom. The van der Waals surface area contributed by atoms with Crippen molar-refractivity contribution in [3.8, 4) is 0 Å². The van der Waals surface area contributed by atoms with Crippen molar-refractivity contribution in [1.82, 2.24) is 29.2 Å². The zero-order valence-corrected chi connectivity index (χ0v) is 15.8. The molecule has 4 aromatic rings. The summed E-state index contributed by atoms with van der Waals surface area (Å²) < 4.78 is 2.04. The van der Waals surface area contributed by atoms with Crippen molar-refractivity contribution < 1.29 is 4.79 Å². The highest BCUT2D eigenvalue weighted by molar-refractivity contribution is 7.15. The molecule has 5 rings (SSSR count). The molecule has 0 unspecified atom stereocenters. The number of imidazole rings is 1. The van der Waals surface area contributed by atoms with Gasteiger partial charge >= 0.3 is 0 Å². The van der Waals surface area contributed by atoms with E-state index in [2.05, 4.69) is 36.3 Å². The summed E-state index contributed by atoms with van der Waals surface area (Å²) in [4.78, 5) is 33.0. The summed E-state index contributed by atoms with van der Waals surface area (Å²) in [6.45, 7) is 2.52. The lowest BCUT2D eigenvalue weighted by atomic mass is 10.2. The van der Waals surface area contributed by atoms with Crippen molar-refractivity contribution in [1.29, 1.82) is 0 Å². The molecule has 0 atom stereocenters. The van der Waals surface area contributed by atoms with Gasteiger partial charge in [-0.25, -0.2) is 15.0 Å². The van der Waals surface area contributed by atoms with Crippen molar-refractivity contribution in [2.45, 2.75) is 19.5 Å². The van der Waals surface area contributed by atoms with Crippen LogP contribution in [0.5, 0.6) is 0 Å². The number of anilines is 1. The van der Waals surface area contributed by atoms with E-state index in [1.54, 1.807) is 0 Å². The van der Waals surface area contributed by atoms with Gasteiger partial charge in [-0.05, 0) is 12.1 Å². The zero-order chi connectivity index (χ0) is 18.9. The smallest absolute Gasteiger partial charge is 0.277 e. The highest BCUT2D eigenvalue weighted by Gasteiger charge is 2.22. The van der Waals surface area contributed by atoms with Crippen LogP contribution in [0.4, 0.5) is 5.13 Å². The fourth-order valence-electron chi connectivity index (χ4n) is 3.31. The number of fused-ring (bicyclic) bond motifs is 2. The van der Waals surface area contributed by atoms with Gasteiger partial charge < -0.3 is 4.40 Å². The summed E-state index contributed by atoms with van der Waals surface area (Å²) in [5.41, 5.74) is 3.35. The molecule has 140 valence electrons. The molecule has 4 aromatic heterocycles. The maximum absolute atomic E-state index is 12.2. The van der Waals surface area contributed by atoms with E-state index in [1.807, 2.05) is 28.8 Å². The molecule has 1 aliphatic rings. The Labute approximate surface area is 164 Å². The minimum absolute atomic E-state index is 0.282. The predicted molar refractivity (Wildman–Crippen MR) is 105 cm³/mol. The molecule has 1 aliphatic heterocycles. The number of amides is 1. The third-order valence-electron chi connectivity index (χ3n) is 4.63. The third-order valence-corrected chi connectivity index (χ3v) is 5.62. The minimum atomic E-state index is -0.291. The molecule has 0 spiro atoms. The number of rotatable bonds is 4. The molecular formula is C19H17N7OS. The van der Waals surface area contributed by atoms with E-state index < -0.39 is 0 Å². The first-order chi connectivity index (χ1) is 13.7. The van der Waals surface area contributed by atoms with Crippen molar-refractivity contribution in [2.24, 2.45) is 0 Å². The van der Waals surface area contributed by atoms with E-state index in [1.165, 1.54) is 34.8 Å². The van der Waals surface area contributed by atoms with Gasteiger partial charge in [0, 0.05) is 55.7 Å². The summed E-state index contributed by atoms with van der Waals surface area (Å²) in [6, 6.07) is 6.00. The zero-order valence-electron chi connectivity index (χ0n) is 14.9. The summed E-state index contributed by atoms with van der Waals surface area (Å²) in [5.74, 6) is -0.291. The number of thiazole rings is 1. The monoisotopic (exact) mass is 391 g/mol. The summed E-state index contributed by atoms with van der Waals surface area (Å²) in [5, 5.41) is 3.44. The van der Waals surface area contributed by atoms with Crippen molar-refractivity contribution in [2.75, 3.05) is 11.9 Å². The third kappa shape index (κ3) is 3.37. The van der Waals surface area contributed by atoms with Crippen LogP contribution >= 0.6 is 11.3 Å². The van der Waals surface area contributed by atoms with Crippen LogP contribution < -0.4 is 5.32 Å². The van der Waals surface area contributed by atoms with Gasteiger partial charge in [0.2, 0.25) is 0 Å². The maximum Gasteiger partial charge on any atom is 0.277 e. The van der Waals surface area contributed by atoms with Gasteiger partial charge in [0.1, 0.15) is 11.3 Å². The molecule has 0 fully saturated rings. The molecule has 8 nitrogen and oxygen atoms in total. The van der Waals surface area contributed by atoms with Crippen LogP contribution in [0.15, 0.2) is 49.2 Å². The Balaban J connectivity index is 1.27. The molecular weight excluding hydrogens is 374 g/mol. The first-order valence-electron chi connectivity index (χ1n) is 8.95. The molecule has 0 aliphatic carbocycles. The predicted octanol–water partition coefficient (Wildman–Crippen LogP) is 2.39. The average molecular weight is 391 g/mol. The first kappa shape index (κ1) is 17.0. The Kier molecular flexibility index (Phi) is 4.30. The lowest BCUT2D eigenvalue weighted by Gasteiger charge is -2.24. The van der Waals surface area contributed by atoms with Crippen LogP contribution in [0.3, 0.4) is 0 Å². The number of nitrogens with one attached hydrogen (secondary N) is 1. The SMILES string of the molecule is O=C(Nc1nc2c(s1)CN(Cc1cn3ccccc3n1)CC2)c1cnccn1. The second-order valence-corrected chi connectivity index (χ2v) is 7.68. The van der Waals surface area contributed by atoms with Crippen LogP contribution in [0.2, 0.25) is 0 Å². The van der Waals surface area contributed by atoms with Crippen molar-refractivity contribution in [3.63, 3.8) is 0 Å². The summed E-state index contributed by atoms with van der Waals surface area (Å²) >= 11 is 1.52. The molecule has 0 saturated carbocycles. The number of hydrogen-bond donors (Lipinski definition) is 1. The fraction of sp³-hybridized carbons (Fsp3) is 0.211. The van der Waals surface area contributed by atoms with E-state index in [0.717, 1.165) is 43.1 Å². The Morgan fingerprint density at radius 1 is 1.25 bits per heavy atom. The van der Waals surface area contributed by atoms with Crippen LogP contribution in [-0.2, 0) is 19.5 Å². The van der Waals surface area contributed by atoms with E-state index in [4.69, 9.17) is 0 Å². The van der Waals surface area contributed by atoms with Gasteiger partial charge in [-0.2, -0.15) is 0 Å². The number of carbonyl (C=O) groups is 1. The number of pyridine rings is 1. The highest BCUT2D eigenvalue weighted by Crippen LogP contribution is 2.29. The topological polar surface area (TPSA) is 88.3 Å². The highest BCUT2D eigenvalue weighted by atomic mass is 32.1. The Bertz CT molecular complexity index is 1100. The molecule has 5 heterocycles. The molecule has 0 saturated heterocycles. The lowest BCUT2D eigenvalue weighted by Crippen LogP contribution is -2.29. The molecule has 28 heavy (non-hydrogen) atoms. The molecule has 1 N–H and O–H groups in total. The van der Waals surface area contributed by atoms with Gasteiger partial charge in [-0.3, -0.25) is 20.0 Å². The molecule has 0 radical (unpaired) electrons. The summed E-state index contributed by atoms with van der Waals surface area (Å²) in [6.07, 6.45) is 9.43. The number of nitrogens with zero attached hydrogens (tertiary/aromatic N) is 6. The van der Waals surface area contributed by atoms with E-state index >= 15 is 0 Å². The molecule has 0 bridgehead atoms. The maximum atomic E-state index is 12.2. The van der Waals surface area contributed by atoms with Gasteiger partial charge in [-0.15, -0.1) is 11.3 Å². The lowest BCUT2D eigenvalue weighted by molar-refractivity contribution is 0.102. The number of carbonyl (C=O) groups excluding carboxylic acids is 1. The van der Waals surface area contributed by atoms with Gasteiger partial charge in [0.05, 0.1) is 17.6 Å². The van der Waals surface area contributed by atoms with Crippen LogP contribution in [0, 0.1) is 0 Å². The minimum Gasteiger partial charge on any atom is -0.307 e. The van der Waals surface area contributed by atoms with E-state index in [0.29, 0.717) is 5.13 Å². The second kappa shape index (κ2) is 7.10. The van der Waals surface area contributed by atoms with Crippen molar-refractivity contribution in [3.05, 3.63) is 71.1 Å². The first-order valence-corrected chi connectivity index (χ1v) is 9.77.